The number of halogens is 3. The summed E-state index contributed by atoms with van der Waals surface area (Å²) in [6.07, 6.45) is -4.41. The van der Waals surface area contributed by atoms with Crippen molar-refractivity contribution in [2.45, 2.75) is 57.5 Å². The van der Waals surface area contributed by atoms with Crippen LogP contribution >= 0.6 is 0 Å². The monoisotopic (exact) mass is 640 g/mol. The number of amides is 2. The van der Waals surface area contributed by atoms with E-state index in [0.29, 0.717) is 6.54 Å². The zero-order valence-corrected chi connectivity index (χ0v) is 24.7. The largest absolute Gasteiger partial charge is 0.573 e. The smallest absolute Gasteiger partial charge is 0.508 e. The third-order valence-corrected chi connectivity index (χ3v) is 8.59. The van der Waals surface area contributed by atoms with Crippen LogP contribution in [0.2, 0.25) is 0 Å². The number of alkyl halides is 3. The zero-order chi connectivity index (χ0) is 33.6. The van der Waals surface area contributed by atoms with E-state index in [1.54, 1.807) is 6.92 Å². The molecule has 0 heterocycles. The van der Waals surface area contributed by atoms with Crippen LogP contribution in [0.15, 0.2) is 23.0 Å². The number of ketones is 2. The first-order chi connectivity index (χ1) is 21.0. The zero-order valence-electron chi connectivity index (χ0n) is 24.7. The van der Waals surface area contributed by atoms with Gasteiger partial charge in [0.05, 0.1) is 23.8 Å². The molecule has 4 atom stereocenters. The van der Waals surface area contributed by atoms with Gasteiger partial charge in [-0.05, 0) is 45.3 Å². The molecular weight excluding hydrogens is 605 g/mol. The molecule has 0 spiro atoms. The van der Waals surface area contributed by atoms with Crippen LogP contribution in [0.25, 0.3) is 5.76 Å². The molecule has 0 aliphatic heterocycles. The van der Waals surface area contributed by atoms with Gasteiger partial charge in [-0.1, -0.05) is 20.3 Å². The fourth-order valence-corrected chi connectivity index (χ4v) is 6.40. The topological polar surface area (TPSA) is 212 Å². The standard InChI is InChI=1S/C29H35F3N4O9/c1-4-6-7-34-11-17(37)35-15-10-16(45-29(30,31)32)13-8-12-9-14-21(36(3)5-2)24(40)20(27(33)43)26(42)28(14,44)25(41)18(12)23(39)19(13)22(15)38/h10,12,14,21,34,38-39,42,44H,4-9,11H2,1-3H3,(H2,33,43)(H,35,37)/t12-,14-,21-,28-/m0/s1. The van der Waals surface area contributed by atoms with E-state index in [4.69, 9.17) is 5.73 Å². The number of likely N-dealkylation sites (N-methyl/N-ethyl adjacent to an activating group) is 1. The predicted octanol–water partition coefficient (Wildman–Crippen LogP) is 1.58. The molecule has 246 valence electrons. The first-order valence-electron chi connectivity index (χ1n) is 14.3. The number of aliphatic hydroxyl groups excluding tert-OH is 2. The van der Waals surface area contributed by atoms with Gasteiger partial charge in [0.2, 0.25) is 11.7 Å². The second-order valence-electron chi connectivity index (χ2n) is 11.3. The lowest BCUT2D eigenvalue weighted by molar-refractivity contribution is -0.275. The minimum Gasteiger partial charge on any atom is -0.508 e. The maximum atomic E-state index is 14.0. The molecule has 1 saturated carbocycles. The molecule has 13 nitrogen and oxygen atoms in total. The molecule has 1 aromatic carbocycles. The predicted molar refractivity (Wildman–Crippen MR) is 152 cm³/mol. The second-order valence-corrected chi connectivity index (χ2v) is 11.3. The van der Waals surface area contributed by atoms with Gasteiger partial charge in [0.15, 0.2) is 17.1 Å². The van der Waals surface area contributed by atoms with E-state index < -0.39 is 105 Å². The Kier molecular flexibility index (Phi) is 9.24. The number of phenolic OH excluding ortho intramolecular Hbond substituents is 1. The lowest BCUT2D eigenvalue weighted by atomic mass is 9.57. The molecule has 2 amide bonds. The highest BCUT2D eigenvalue weighted by Crippen LogP contribution is 2.55. The average molecular weight is 641 g/mol. The average Bonchev–Trinajstić information content (AvgIpc) is 2.94. The SMILES string of the molecule is CCCCNCC(=O)Nc1cc(OC(F)(F)F)c2c(c1O)C(O)=C1C(=O)[C@]3(O)C(O)=C(C(N)=O)C(=O)[C@@H](N(C)CC)[C@@H]3C[C@@H]1C2. The molecule has 0 unspecified atom stereocenters. The number of nitrogens with two attached hydrogens (primary N) is 1. The van der Waals surface area contributed by atoms with Crippen LogP contribution in [0.5, 0.6) is 11.5 Å². The molecular formula is C29H35F3N4O9. The Labute approximate surface area is 255 Å². The van der Waals surface area contributed by atoms with Gasteiger partial charge in [0, 0.05) is 23.1 Å². The van der Waals surface area contributed by atoms with Gasteiger partial charge in [-0.25, -0.2) is 0 Å². The molecule has 0 saturated heterocycles. The van der Waals surface area contributed by atoms with Crippen molar-refractivity contribution in [1.82, 2.24) is 10.2 Å². The fourth-order valence-electron chi connectivity index (χ4n) is 6.40. The number of fused-ring (bicyclic) bond motifs is 3. The number of carbonyl (C=O) groups is 4. The molecule has 4 rings (SSSR count). The van der Waals surface area contributed by atoms with Crippen molar-refractivity contribution >= 4 is 34.8 Å². The minimum atomic E-state index is -5.23. The maximum Gasteiger partial charge on any atom is 0.573 e. The summed E-state index contributed by atoms with van der Waals surface area (Å²) >= 11 is 0. The number of nitrogens with zero attached hydrogens (tertiary/aromatic N) is 1. The quantitative estimate of drug-likeness (QED) is 0.111. The number of anilines is 1. The summed E-state index contributed by atoms with van der Waals surface area (Å²) in [4.78, 5) is 53.5. The molecule has 45 heavy (non-hydrogen) atoms. The third-order valence-electron chi connectivity index (χ3n) is 8.59. The molecule has 0 bridgehead atoms. The van der Waals surface area contributed by atoms with Crippen LogP contribution in [-0.4, -0.2) is 93.4 Å². The van der Waals surface area contributed by atoms with Crippen molar-refractivity contribution < 1.29 is 57.5 Å². The van der Waals surface area contributed by atoms with E-state index in [-0.39, 0.29) is 25.1 Å². The van der Waals surface area contributed by atoms with E-state index in [1.807, 2.05) is 6.92 Å². The summed E-state index contributed by atoms with van der Waals surface area (Å²) in [6.45, 7) is 3.98. The van der Waals surface area contributed by atoms with E-state index in [2.05, 4.69) is 15.4 Å². The Balaban J connectivity index is 1.89. The van der Waals surface area contributed by atoms with Crippen LogP contribution in [-0.2, 0) is 25.6 Å². The van der Waals surface area contributed by atoms with Crippen molar-refractivity contribution in [2.24, 2.45) is 17.6 Å². The summed E-state index contributed by atoms with van der Waals surface area (Å²) < 4.78 is 44.8. The number of unbranched alkanes of at least 4 members (excludes halogenated alkanes) is 1. The first kappa shape index (κ1) is 33.7. The van der Waals surface area contributed by atoms with Crippen molar-refractivity contribution in [3.63, 3.8) is 0 Å². The number of carbonyl (C=O) groups excluding carboxylic acids is 4. The normalized spacial score (nSPS) is 24.8. The van der Waals surface area contributed by atoms with Gasteiger partial charge in [0.25, 0.3) is 5.91 Å². The van der Waals surface area contributed by atoms with Crippen LogP contribution in [0.3, 0.4) is 0 Å². The molecule has 0 aromatic heterocycles. The Bertz CT molecular complexity index is 1510. The van der Waals surface area contributed by atoms with Gasteiger partial charge in [-0.3, -0.25) is 24.1 Å². The van der Waals surface area contributed by atoms with Crippen molar-refractivity contribution in [1.29, 1.82) is 0 Å². The Hall–Kier alpha value is -4.15. The number of ether oxygens (including phenoxy) is 1. The number of benzene rings is 1. The summed E-state index contributed by atoms with van der Waals surface area (Å²) in [7, 11) is 1.47. The molecule has 1 aromatic rings. The number of Topliss-reactive ketones (excluding diaryl/α,β-unsaturated/α-hetero) is 2. The van der Waals surface area contributed by atoms with Crippen LogP contribution in [0.1, 0.15) is 44.2 Å². The maximum absolute atomic E-state index is 14.0. The number of primary amides is 1. The minimum absolute atomic E-state index is 0.186. The Morgan fingerprint density at radius 2 is 1.87 bits per heavy atom. The van der Waals surface area contributed by atoms with E-state index >= 15 is 0 Å². The molecule has 1 fully saturated rings. The molecule has 16 heteroatoms. The molecule has 0 radical (unpaired) electrons. The fraction of sp³-hybridized carbons (Fsp3) is 0.517. The van der Waals surface area contributed by atoms with Gasteiger partial charge in [0.1, 0.15) is 22.8 Å². The lowest BCUT2D eigenvalue weighted by Crippen LogP contribution is -2.66. The first-order valence-corrected chi connectivity index (χ1v) is 14.3. The van der Waals surface area contributed by atoms with Gasteiger partial charge >= 0.3 is 6.36 Å². The van der Waals surface area contributed by atoms with Crippen molar-refractivity contribution in [2.75, 3.05) is 32.0 Å². The van der Waals surface area contributed by atoms with E-state index in [0.717, 1.165) is 18.9 Å². The summed E-state index contributed by atoms with van der Waals surface area (Å²) in [5.41, 5.74) is -0.746. The summed E-state index contributed by atoms with van der Waals surface area (Å²) in [6, 6.07) is -0.605. The second kappa shape index (κ2) is 12.3. The Morgan fingerprint density at radius 1 is 1.20 bits per heavy atom. The number of hydrogen-bond donors (Lipinski definition) is 7. The summed E-state index contributed by atoms with van der Waals surface area (Å²) in [5.74, 6) is -11.1. The van der Waals surface area contributed by atoms with E-state index in [9.17, 15) is 52.8 Å². The van der Waals surface area contributed by atoms with Crippen LogP contribution < -0.4 is 21.1 Å². The van der Waals surface area contributed by atoms with Crippen LogP contribution in [0.4, 0.5) is 18.9 Å². The van der Waals surface area contributed by atoms with E-state index in [1.165, 1.54) is 11.9 Å². The lowest BCUT2D eigenvalue weighted by Gasteiger charge is -2.50. The Morgan fingerprint density at radius 3 is 2.44 bits per heavy atom. The van der Waals surface area contributed by atoms with Gasteiger partial charge in [-0.15, -0.1) is 13.2 Å². The molecule has 3 aliphatic carbocycles. The summed E-state index contributed by atoms with van der Waals surface area (Å²) in [5, 5.41) is 50.3. The van der Waals surface area contributed by atoms with Crippen molar-refractivity contribution in [3.8, 4) is 11.5 Å². The highest BCUT2D eigenvalue weighted by Gasteiger charge is 2.64. The number of aromatic hydroxyl groups is 1. The molecule has 3 aliphatic rings. The highest BCUT2D eigenvalue weighted by atomic mass is 19.4. The highest BCUT2D eigenvalue weighted by molar-refractivity contribution is 6.24. The van der Waals surface area contributed by atoms with Gasteiger partial charge < -0.3 is 41.5 Å². The van der Waals surface area contributed by atoms with Crippen LogP contribution in [0, 0.1) is 11.8 Å². The number of aliphatic hydroxyl groups is 3. The van der Waals surface area contributed by atoms with Crippen molar-refractivity contribution in [3.05, 3.63) is 34.1 Å². The van der Waals surface area contributed by atoms with Gasteiger partial charge in [-0.2, -0.15) is 0 Å². The number of hydrogen-bond acceptors (Lipinski definition) is 11. The number of nitrogens with one attached hydrogen (secondary N) is 2. The number of phenols is 1. The number of rotatable bonds is 10. The molecule has 8 N–H and O–H groups in total. The third kappa shape index (κ3) is 5.84.